The van der Waals surface area contributed by atoms with E-state index in [1.807, 2.05) is 6.07 Å². The van der Waals surface area contributed by atoms with Crippen molar-refractivity contribution in [3.63, 3.8) is 0 Å². The van der Waals surface area contributed by atoms with Crippen LogP contribution in [0.15, 0.2) is 24.7 Å². The maximum Gasteiger partial charge on any atom is 0.249 e. The summed E-state index contributed by atoms with van der Waals surface area (Å²) in [6, 6.07) is 1.93. The van der Waals surface area contributed by atoms with E-state index >= 15 is 0 Å². The fourth-order valence-corrected chi connectivity index (χ4v) is 3.35. The number of amides is 1. The average Bonchev–Trinajstić information content (AvgIpc) is 2.60. The molecule has 3 atom stereocenters. The van der Waals surface area contributed by atoms with Crippen molar-refractivity contribution in [1.82, 2.24) is 25.6 Å². The van der Waals surface area contributed by atoms with Gasteiger partial charge in [0.2, 0.25) is 5.91 Å². The van der Waals surface area contributed by atoms with Crippen LogP contribution >= 0.6 is 0 Å². The van der Waals surface area contributed by atoms with Gasteiger partial charge in [-0.25, -0.2) is 9.97 Å². The number of hydrogen-bond donors (Lipinski definition) is 2. The molecular weight excluding hydrogens is 306 g/mol. The Morgan fingerprint density at radius 1 is 1.38 bits per heavy atom. The molecule has 128 valence electrons. The Morgan fingerprint density at radius 2 is 2.12 bits per heavy atom. The number of carbonyl (C=O) groups is 1. The van der Waals surface area contributed by atoms with Crippen LogP contribution < -0.4 is 10.6 Å². The summed E-state index contributed by atoms with van der Waals surface area (Å²) < 4.78 is 5.18. The molecule has 2 aromatic heterocycles. The molecule has 2 aromatic rings. The Morgan fingerprint density at radius 3 is 2.88 bits per heavy atom. The summed E-state index contributed by atoms with van der Waals surface area (Å²) in [7, 11) is 1.53. The van der Waals surface area contributed by atoms with E-state index < -0.39 is 11.6 Å². The van der Waals surface area contributed by atoms with Gasteiger partial charge in [0.25, 0.3) is 0 Å². The first kappa shape index (κ1) is 16.7. The van der Waals surface area contributed by atoms with E-state index in [4.69, 9.17) is 4.74 Å². The van der Waals surface area contributed by atoms with Gasteiger partial charge in [0, 0.05) is 37.8 Å². The van der Waals surface area contributed by atoms with Crippen LogP contribution in [0.2, 0.25) is 0 Å². The van der Waals surface area contributed by atoms with Crippen LogP contribution in [-0.4, -0.2) is 47.2 Å². The Hall–Kier alpha value is -2.12. The Kier molecular flexibility index (Phi) is 4.73. The predicted octanol–water partition coefficient (Wildman–Crippen LogP) is 1.00. The average molecular weight is 329 g/mol. The van der Waals surface area contributed by atoms with E-state index in [1.165, 1.54) is 7.11 Å². The molecule has 1 aliphatic heterocycles. The highest BCUT2D eigenvalue weighted by atomic mass is 16.5. The predicted molar refractivity (Wildman–Crippen MR) is 90.3 cm³/mol. The number of pyridine rings is 1. The van der Waals surface area contributed by atoms with Crippen LogP contribution in [0, 0.1) is 5.92 Å². The summed E-state index contributed by atoms with van der Waals surface area (Å²) in [6.45, 7) is 5.47. The number of methoxy groups -OCH3 is 1. The van der Waals surface area contributed by atoms with E-state index in [-0.39, 0.29) is 5.91 Å². The zero-order valence-corrected chi connectivity index (χ0v) is 14.2. The molecule has 0 aliphatic carbocycles. The topological polar surface area (TPSA) is 89.0 Å². The number of carbonyl (C=O) groups excluding carboxylic acids is 1. The lowest BCUT2D eigenvalue weighted by Crippen LogP contribution is -2.59. The summed E-state index contributed by atoms with van der Waals surface area (Å²) in [5, 5.41) is 6.63. The lowest BCUT2D eigenvalue weighted by atomic mass is 9.78. The molecule has 0 aromatic carbocycles. The molecule has 24 heavy (non-hydrogen) atoms. The molecule has 1 amide bonds. The second kappa shape index (κ2) is 6.78. The standard InChI is InChI=1S/C17H23N5O2/c1-11-8-17(10-18-9-11,22-16(23)12(2)24-3)13-4-5-20-15-14(13)19-6-7-21-15/h4-7,11-12,18H,8-10H2,1-3H3,(H,22,23)/t11-,12+,17-/m0/s1. The van der Waals surface area contributed by atoms with Gasteiger partial charge in [0.15, 0.2) is 5.65 Å². The zero-order valence-electron chi connectivity index (χ0n) is 14.2. The highest BCUT2D eigenvalue weighted by Gasteiger charge is 2.40. The van der Waals surface area contributed by atoms with Crippen LogP contribution in [0.4, 0.5) is 0 Å². The third-order valence-corrected chi connectivity index (χ3v) is 4.59. The second-order valence-corrected chi connectivity index (χ2v) is 6.48. The SMILES string of the molecule is CO[C@H](C)C(=O)N[C@]1(c2ccnc3nccnc23)CNC[C@@H](C)C1. The largest absolute Gasteiger partial charge is 0.372 e. The smallest absolute Gasteiger partial charge is 0.249 e. The number of hydrogen-bond acceptors (Lipinski definition) is 6. The van der Waals surface area contributed by atoms with Crippen LogP contribution in [0.1, 0.15) is 25.8 Å². The van der Waals surface area contributed by atoms with Crippen molar-refractivity contribution in [2.75, 3.05) is 20.2 Å². The lowest BCUT2D eigenvalue weighted by molar-refractivity contribution is -0.132. The van der Waals surface area contributed by atoms with Gasteiger partial charge in [-0.05, 0) is 31.9 Å². The molecular formula is C17H23N5O2. The van der Waals surface area contributed by atoms with Crippen LogP contribution in [-0.2, 0) is 15.1 Å². The minimum absolute atomic E-state index is 0.137. The van der Waals surface area contributed by atoms with Crippen molar-refractivity contribution in [2.45, 2.75) is 31.9 Å². The molecule has 0 bridgehead atoms. The monoisotopic (exact) mass is 329 g/mol. The van der Waals surface area contributed by atoms with E-state index in [1.54, 1.807) is 25.5 Å². The molecule has 0 spiro atoms. The number of rotatable bonds is 4. The Bertz CT molecular complexity index is 732. The Labute approximate surface area is 141 Å². The van der Waals surface area contributed by atoms with Crippen molar-refractivity contribution in [3.8, 4) is 0 Å². The van der Waals surface area contributed by atoms with Gasteiger partial charge in [-0.3, -0.25) is 9.78 Å². The van der Waals surface area contributed by atoms with Crippen molar-refractivity contribution >= 4 is 17.1 Å². The fraction of sp³-hybridized carbons (Fsp3) is 0.529. The first-order chi connectivity index (χ1) is 11.6. The van der Waals surface area contributed by atoms with E-state index in [0.29, 0.717) is 18.1 Å². The molecule has 1 saturated heterocycles. The van der Waals surface area contributed by atoms with Crippen LogP contribution in [0.25, 0.3) is 11.2 Å². The molecule has 3 heterocycles. The van der Waals surface area contributed by atoms with E-state index in [2.05, 4.69) is 32.5 Å². The molecule has 3 rings (SSSR count). The van der Waals surface area contributed by atoms with Crippen molar-refractivity contribution in [2.24, 2.45) is 5.92 Å². The number of fused-ring (bicyclic) bond motifs is 1. The van der Waals surface area contributed by atoms with Gasteiger partial charge >= 0.3 is 0 Å². The van der Waals surface area contributed by atoms with E-state index in [0.717, 1.165) is 24.0 Å². The summed E-state index contributed by atoms with van der Waals surface area (Å²) >= 11 is 0. The summed E-state index contributed by atoms with van der Waals surface area (Å²) in [6.07, 6.45) is 5.30. The lowest BCUT2D eigenvalue weighted by Gasteiger charge is -2.42. The molecule has 2 N–H and O–H groups in total. The number of ether oxygens (including phenoxy) is 1. The molecule has 1 aliphatic rings. The number of nitrogens with zero attached hydrogens (tertiary/aromatic N) is 3. The molecule has 7 heteroatoms. The second-order valence-electron chi connectivity index (χ2n) is 6.48. The van der Waals surface area contributed by atoms with Gasteiger partial charge in [-0.2, -0.15) is 0 Å². The van der Waals surface area contributed by atoms with Crippen molar-refractivity contribution in [1.29, 1.82) is 0 Å². The molecule has 0 radical (unpaired) electrons. The number of piperidine rings is 1. The maximum absolute atomic E-state index is 12.5. The molecule has 0 saturated carbocycles. The van der Waals surface area contributed by atoms with Gasteiger partial charge < -0.3 is 15.4 Å². The van der Waals surface area contributed by atoms with E-state index in [9.17, 15) is 4.79 Å². The fourth-order valence-electron chi connectivity index (χ4n) is 3.35. The van der Waals surface area contributed by atoms with Gasteiger partial charge in [0.1, 0.15) is 11.6 Å². The van der Waals surface area contributed by atoms with Gasteiger partial charge in [-0.15, -0.1) is 0 Å². The minimum atomic E-state index is -0.557. The zero-order chi connectivity index (χ0) is 17.2. The van der Waals surface area contributed by atoms with Gasteiger partial charge in [0.05, 0.1) is 5.54 Å². The summed E-state index contributed by atoms with van der Waals surface area (Å²) in [4.78, 5) is 25.6. The first-order valence-electron chi connectivity index (χ1n) is 8.17. The third kappa shape index (κ3) is 3.09. The quantitative estimate of drug-likeness (QED) is 0.870. The third-order valence-electron chi connectivity index (χ3n) is 4.59. The van der Waals surface area contributed by atoms with Crippen molar-refractivity contribution in [3.05, 3.63) is 30.2 Å². The number of nitrogens with one attached hydrogen (secondary N) is 2. The van der Waals surface area contributed by atoms with Crippen LogP contribution in [0.3, 0.4) is 0 Å². The molecule has 7 nitrogen and oxygen atoms in total. The summed E-state index contributed by atoms with van der Waals surface area (Å²) in [5.74, 6) is 0.277. The van der Waals surface area contributed by atoms with Crippen molar-refractivity contribution < 1.29 is 9.53 Å². The maximum atomic E-state index is 12.5. The molecule has 1 fully saturated rings. The first-order valence-corrected chi connectivity index (χ1v) is 8.17. The minimum Gasteiger partial charge on any atom is -0.372 e. The van der Waals surface area contributed by atoms with Gasteiger partial charge in [-0.1, -0.05) is 6.92 Å². The van der Waals surface area contributed by atoms with Crippen LogP contribution in [0.5, 0.6) is 0 Å². The highest BCUT2D eigenvalue weighted by Crippen LogP contribution is 2.34. The Balaban J connectivity index is 2.08. The highest BCUT2D eigenvalue weighted by molar-refractivity contribution is 5.83. The molecule has 0 unspecified atom stereocenters. The normalized spacial score (nSPS) is 25.4. The number of aromatic nitrogens is 3. The summed E-state index contributed by atoms with van der Waals surface area (Å²) in [5.41, 5.74) is 1.69.